The van der Waals surface area contributed by atoms with Crippen molar-refractivity contribution in [2.75, 3.05) is 57.0 Å². The molecule has 6 heterocycles. The maximum atomic E-state index is 13.9. The molecule has 18 heteroatoms. The van der Waals surface area contributed by atoms with E-state index >= 15 is 0 Å². The molecule has 342 valence electrons. The Labute approximate surface area is 384 Å². The van der Waals surface area contributed by atoms with E-state index < -0.39 is 23.7 Å². The monoisotopic (exact) mass is 905 g/mol. The first-order chi connectivity index (χ1) is 32.5. The Bertz CT molecular complexity index is 2930. The predicted octanol–water partition coefficient (Wildman–Crippen LogP) is 4.32. The standard InChI is InChI=1S/C49H48FN11O6/c1-67-40-14-10-34(50)23-38(40)46(63)52-24-29-2-6-31(7-3-29)43-42-44(51)53-28-54-45(42)61(56-43)36-16-17-59(27-36)48(65)32-8-4-30(5-9-32)25-57-18-20-58(21-19-57)35-11-12-37-33(22-35)26-60(49(37)66)39-13-15-41(62)55-47(39)64/h2-12,14,22-23,28,36,39H,13,15-21,24-27H2,1H3,(H,52,63)(H2,51,53,54)(H,55,62,64)/t36?,39-/m0/s1. The summed E-state index contributed by atoms with van der Waals surface area (Å²) in [7, 11) is 1.43. The minimum atomic E-state index is -0.637. The van der Waals surface area contributed by atoms with E-state index in [1.807, 2.05) is 70.2 Å². The number of carbonyl (C=O) groups excluding carboxylic acids is 5. The molecule has 3 saturated heterocycles. The number of nitrogens with zero attached hydrogens (tertiary/aromatic N) is 8. The molecule has 4 aromatic carbocycles. The third-order valence-corrected chi connectivity index (χ3v) is 13.3. The van der Waals surface area contributed by atoms with Gasteiger partial charge in [0.1, 0.15) is 35.4 Å². The number of amides is 5. The van der Waals surface area contributed by atoms with Crippen molar-refractivity contribution in [2.24, 2.45) is 0 Å². The molecule has 0 aliphatic carbocycles. The minimum Gasteiger partial charge on any atom is -0.496 e. The quantitative estimate of drug-likeness (QED) is 0.156. The van der Waals surface area contributed by atoms with E-state index in [0.717, 1.165) is 66.7 Å². The van der Waals surface area contributed by atoms with Crippen LogP contribution in [-0.4, -0.2) is 116 Å². The fourth-order valence-electron chi connectivity index (χ4n) is 9.61. The van der Waals surface area contributed by atoms with Crippen molar-refractivity contribution in [1.82, 2.24) is 45.1 Å². The molecule has 4 aliphatic heterocycles. The smallest absolute Gasteiger partial charge is 0.255 e. The second kappa shape index (κ2) is 17.9. The summed E-state index contributed by atoms with van der Waals surface area (Å²) in [6.07, 6.45) is 2.65. The molecule has 6 aromatic rings. The molecule has 4 aliphatic rings. The van der Waals surface area contributed by atoms with Crippen LogP contribution in [0.4, 0.5) is 15.9 Å². The Morgan fingerprint density at radius 1 is 0.896 bits per heavy atom. The highest BCUT2D eigenvalue weighted by molar-refractivity contribution is 6.05. The van der Waals surface area contributed by atoms with Crippen molar-refractivity contribution in [3.05, 3.63) is 130 Å². The lowest BCUT2D eigenvalue weighted by atomic mass is 10.0. The highest BCUT2D eigenvalue weighted by Crippen LogP contribution is 2.35. The number of hydrogen-bond donors (Lipinski definition) is 3. The molecule has 0 bridgehead atoms. The number of hydrogen-bond acceptors (Lipinski definition) is 12. The van der Waals surface area contributed by atoms with Gasteiger partial charge in [-0.1, -0.05) is 36.4 Å². The molecule has 2 aromatic heterocycles. The van der Waals surface area contributed by atoms with Crippen LogP contribution in [0.2, 0.25) is 0 Å². The number of likely N-dealkylation sites (tertiary alicyclic amines) is 1. The van der Waals surface area contributed by atoms with Gasteiger partial charge in [-0.3, -0.25) is 34.2 Å². The predicted molar refractivity (Wildman–Crippen MR) is 245 cm³/mol. The lowest BCUT2D eigenvalue weighted by Crippen LogP contribution is -2.52. The van der Waals surface area contributed by atoms with Gasteiger partial charge in [-0.05, 0) is 78.1 Å². The van der Waals surface area contributed by atoms with Gasteiger partial charge in [-0.25, -0.2) is 19.0 Å². The summed E-state index contributed by atoms with van der Waals surface area (Å²) in [6.45, 7) is 5.60. The number of nitrogens with two attached hydrogens (primary N) is 1. The number of carbonyl (C=O) groups is 5. The normalized spacial score (nSPS) is 18.7. The summed E-state index contributed by atoms with van der Waals surface area (Å²) >= 11 is 0. The second-order valence-corrected chi connectivity index (χ2v) is 17.4. The second-order valence-electron chi connectivity index (χ2n) is 17.4. The lowest BCUT2D eigenvalue weighted by molar-refractivity contribution is -0.136. The average molecular weight is 906 g/mol. The molecule has 67 heavy (non-hydrogen) atoms. The van der Waals surface area contributed by atoms with Gasteiger partial charge in [0, 0.05) is 87.7 Å². The summed E-state index contributed by atoms with van der Waals surface area (Å²) in [5.41, 5.74) is 13.6. The van der Waals surface area contributed by atoms with Gasteiger partial charge in [0.25, 0.3) is 17.7 Å². The number of halogens is 1. The zero-order chi connectivity index (χ0) is 46.3. The summed E-state index contributed by atoms with van der Waals surface area (Å²) in [5.74, 6) is -1.37. The third kappa shape index (κ3) is 8.51. The van der Waals surface area contributed by atoms with Crippen LogP contribution in [0.15, 0.2) is 91.3 Å². The Hall–Kier alpha value is -7.73. The summed E-state index contributed by atoms with van der Waals surface area (Å²) < 4.78 is 20.9. The highest BCUT2D eigenvalue weighted by Gasteiger charge is 2.39. The van der Waals surface area contributed by atoms with Gasteiger partial charge < -0.3 is 30.5 Å². The minimum absolute atomic E-state index is 0.0525. The van der Waals surface area contributed by atoms with Crippen LogP contribution >= 0.6 is 0 Å². The molecule has 17 nitrogen and oxygen atoms in total. The van der Waals surface area contributed by atoms with E-state index in [2.05, 4.69) is 36.5 Å². The molecule has 1 unspecified atom stereocenters. The van der Waals surface area contributed by atoms with Crippen molar-refractivity contribution in [2.45, 2.75) is 51.0 Å². The van der Waals surface area contributed by atoms with Crippen molar-refractivity contribution in [3.63, 3.8) is 0 Å². The first-order valence-electron chi connectivity index (χ1n) is 22.3. The largest absolute Gasteiger partial charge is 0.496 e. The van der Waals surface area contributed by atoms with Gasteiger partial charge in [0.05, 0.1) is 24.1 Å². The van der Waals surface area contributed by atoms with Crippen molar-refractivity contribution in [1.29, 1.82) is 0 Å². The van der Waals surface area contributed by atoms with Gasteiger partial charge >= 0.3 is 0 Å². The molecular formula is C49H48FN11O6. The number of nitrogen functional groups attached to an aromatic ring is 1. The number of anilines is 2. The fourth-order valence-corrected chi connectivity index (χ4v) is 9.61. The number of rotatable bonds is 11. The van der Waals surface area contributed by atoms with Crippen LogP contribution in [0.3, 0.4) is 0 Å². The van der Waals surface area contributed by atoms with E-state index in [1.54, 1.807) is 4.90 Å². The maximum absolute atomic E-state index is 13.9. The number of fused-ring (bicyclic) bond motifs is 2. The molecule has 10 rings (SSSR count). The number of imide groups is 1. The van der Waals surface area contributed by atoms with Crippen LogP contribution in [0.5, 0.6) is 5.75 Å². The van der Waals surface area contributed by atoms with Crippen LogP contribution in [0, 0.1) is 5.82 Å². The SMILES string of the molecule is COc1ccc(F)cc1C(=O)NCc1ccc(-c2nn(C3CCN(C(=O)c4ccc(CN5CCN(c6ccc7c(c6)CN([C@H]6CCC(=O)NC6=O)C7=O)CC5)cc4)C3)c3ncnc(N)c23)cc1. The third-order valence-electron chi connectivity index (χ3n) is 13.3. The molecule has 5 amide bonds. The van der Waals surface area contributed by atoms with Gasteiger partial charge in [-0.2, -0.15) is 5.10 Å². The van der Waals surface area contributed by atoms with Gasteiger partial charge in [0.2, 0.25) is 11.8 Å². The first-order valence-corrected chi connectivity index (χ1v) is 22.3. The summed E-state index contributed by atoms with van der Waals surface area (Å²) in [4.78, 5) is 81.0. The van der Waals surface area contributed by atoms with E-state index in [1.165, 1.54) is 25.6 Å². The molecule has 0 saturated carbocycles. The van der Waals surface area contributed by atoms with Crippen LogP contribution in [0.1, 0.15) is 73.1 Å². The zero-order valence-electron chi connectivity index (χ0n) is 36.8. The zero-order valence-corrected chi connectivity index (χ0v) is 36.8. The Kier molecular flexibility index (Phi) is 11.5. The number of piperidine rings is 1. The summed E-state index contributed by atoms with van der Waals surface area (Å²) in [5, 5.41) is 10.8. The molecule has 0 spiro atoms. The topological polar surface area (TPSA) is 201 Å². The van der Waals surface area contributed by atoms with E-state index in [4.69, 9.17) is 15.6 Å². The average Bonchev–Trinajstić information content (AvgIpc) is 4.08. The molecular weight excluding hydrogens is 858 g/mol. The maximum Gasteiger partial charge on any atom is 0.255 e. The van der Waals surface area contributed by atoms with E-state index in [0.29, 0.717) is 66.1 Å². The first kappa shape index (κ1) is 43.2. The molecule has 4 N–H and O–H groups in total. The van der Waals surface area contributed by atoms with E-state index in [-0.39, 0.29) is 48.0 Å². The number of benzene rings is 4. The highest BCUT2D eigenvalue weighted by atomic mass is 19.1. The van der Waals surface area contributed by atoms with Crippen molar-refractivity contribution >= 4 is 52.1 Å². The number of ether oxygens (including phenoxy) is 1. The summed E-state index contributed by atoms with van der Waals surface area (Å²) in [6, 6.07) is 24.2. The lowest BCUT2D eigenvalue weighted by Gasteiger charge is -2.36. The van der Waals surface area contributed by atoms with Gasteiger partial charge in [-0.15, -0.1) is 0 Å². The van der Waals surface area contributed by atoms with Crippen molar-refractivity contribution < 1.29 is 33.1 Å². The van der Waals surface area contributed by atoms with Crippen LogP contribution < -0.4 is 26.0 Å². The number of nitrogens with one attached hydrogen (secondary N) is 2. The van der Waals surface area contributed by atoms with E-state index in [9.17, 15) is 28.4 Å². The number of aromatic nitrogens is 4. The Morgan fingerprint density at radius 2 is 1.67 bits per heavy atom. The Morgan fingerprint density at radius 3 is 2.43 bits per heavy atom. The van der Waals surface area contributed by atoms with Crippen LogP contribution in [0.25, 0.3) is 22.3 Å². The molecule has 2 atom stereocenters. The van der Waals surface area contributed by atoms with Crippen LogP contribution in [-0.2, 0) is 29.2 Å². The van der Waals surface area contributed by atoms with Crippen molar-refractivity contribution in [3.8, 4) is 17.0 Å². The van der Waals surface area contributed by atoms with Gasteiger partial charge in [0.15, 0.2) is 5.65 Å². The number of methoxy groups -OCH3 is 1. The fraction of sp³-hybridized carbons (Fsp3) is 0.306. The molecule has 3 fully saturated rings. The Balaban J connectivity index is 0.736. The molecule has 0 radical (unpaired) electrons. The number of piperazine rings is 1.